The number of fused-ring (bicyclic) bond motifs is 2. The monoisotopic (exact) mass is 270 g/mol. The number of benzene rings is 1. The Morgan fingerprint density at radius 1 is 1.17 bits per heavy atom. The van der Waals surface area contributed by atoms with Crippen molar-refractivity contribution in [2.45, 2.75) is 38.0 Å². The molecule has 1 aromatic carbocycles. The lowest BCUT2D eigenvalue weighted by molar-refractivity contribution is 0.319. The molecular weight excluding hydrogens is 254 g/mol. The van der Waals surface area contributed by atoms with Gasteiger partial charge in [-0.05, 0) is 61.6 Å². The van der Waals surface area contributed by atoms with Gasteiger partial charge >= 0.3 is 0 Å². The molecule has 0 aliphatic heterocycles. The zero-order valence-corrected chi connectivity index (χ0v) is 11.2. The van der Waals surface area contributed by atoms with E-state index in [1.54, 1.807) is 6.92 Å². The van der Waals surface area contributed by atoms with E-state index in [2.05, 4.69) is 0 Å². The summed E-state index contributed by atoms with van der Waals surface area (Å²) in [5.74, 6) is 0.972. The molecule has 2 bridgehead atoms. The van der Waals surface area contributed by atoms with Gasteiger partial charge in [0, 0.05) is 5.56 Å². The van der Waals surface area contributed by atoms with E-state index < -0.39 is 0 Å². The minimum atomic E-state index is -0.379. The predicted molar refractivity (Wildman–Crippen MR) is 68.6 cm³/mol. The third-order valence-corrected chi connectivity index (χ3v) is 5.30. The lowest BCUT2D eigenvalue weighted by atomic mass is 9.83. The van der Waals surface area contributed by atoms with Crippen LogP contribution < -0.4 is 0 Å². The van der Waals surface area contributed by atoms with Gasteiger partial charge in [0.25, 0.3) is 0 Å². The van der Waals surface area contributed by atoms with E-state index in [0.717, 1.165) is 12.3 Å². The van der Waals surface area contributed by atoms with Crippen molar-refractivity contribution in [1.82, 2.24) is 0 Å². The summed E-state index contributed by atoms with van der Waals surface area (Å²) in [6.45, 7) is 1.57. The van der Waals surface area contributed by atoms with Crippen molar-refractivity contribution >= 4 is 11.6 Å². The highest BCUT2D eigenvalue weighted by atomic mass is 35.5. The third-order valence-electron chi connectivity index (χ3n) is 4.74. The van der Waals surface area contributed by atoms with Crippen LogP contribution in [-0.4, -0.2) is 0 Å². The SMILES string of the molecule is Cc1cc(F)c(C(Cl)C2CC3CCC2C3)cc1F. The van der Waals surface area contributed by atoms with Gasteiger partial charge in [-0.2, -0.15) is 0 Å². The van der Waals surface area contributed by atoms with Crippen LogP contribution in [0.15, 0.2) is 12.1 Å². The Morgan fingerprint density at radius 3 is 2.56 bits per heavy atom. The highest BCUT2D eigenvalue weighted by Crippen LogP contribution is 2.54. The summed E-state index contributed by atoms with van der Waals surface area (Å²) in [5, 5.41) is -0.379. The van der Waals surface area contributed by atoms with Crippen LogP contribution in [0.1, 0.15) is 42.2 Å². The van der Waals surface area contributed by atoms with Gasteiger partial charge in [0.1, 0.15) is 11.6 Å². The Balaban J connectivity index is 1.88. The second-order valence-corrected chi connectivity index (χ2v) is 6.33. The Morgan fingerprint density at radius 2 is 1.94 bits per heavy atom. The molecule has 3 heteroatoms. The molecule has 0 N–H and O–H groups in total. The number of rotatable bonds is 2. The molecule has 2 saturated carbocycles. The largest absolute Gasteiger partial charge is 0.207 e. The molecule has 3 rings (SSSR count). The summed E-state index contributed by atoms with van der Waals surface area (Å²) in [7, 11) is 0. The van der Waals surface area contributed by atoms with Crippen LogP contribution in [0.4, 0.5) is 8.78 Å². The molecule has 0 amide bonds. The molecule has 2 aliphatic rings. The van der Waals surface area contributed by atoms with Gasteiger partial charge < -0.3 is 0 Å². The molecule has 2 fully saturated rings. The van der Waals surface area contributed by atoms with Gasteiger partial charge in [0.2, 0.25) is 0 Å². The highest BCUT2D eigenvalue weighted by Gasteiger charge is 2.43. The van der Waals surface area contributed by atoms with Gasteiger partial charge in [-0.15, -0.1) is 11.6 Å². The maximum Gasteiger partial charge on any atom is 0.128 e. The summed E-state index contributed by atoms with van der Waals surface area (Å²) in [6, 6.07) is 2.54. The van der Waals surface area contributed by atoms with Crippen LogP contribution in [0.25, 0.3) is 0 Å². The molecule has 98 valence electrons. The molecule has 4 atom stereocenters. The van der Waals surface area contributed by atoms with Crippen LogP contribution in [-0.2, 0) is 0 Å². The van der Waals surface area contributed by atoms with Gasteiger partial charge in [0.15, 0.2) is 0 Å². The molecule has 0 nitrogen and oxygen atoms in total. The minimum Gasteiger partial charge on any atom is -0.207 e. The summed E-state index contributed by atoms with van der Waals surface area (Å²) in [4.78, 5) is 0. The van der Waals surface area contributed by atoms with Crippen LogP contribution in [0, 0.1) is 36.3 Å². The summed E-state index contributed by atoms with van der Waals surface area (Å²) in [5.41, 5.74) is 0.686. The second-order valence-electron chi connectivity index (χ2n) is 5.86. The standard InChI is InChI=1S/C15H17ClF2/c1-8-4-14(18)12(7-13(8)17)15(16)11-6-9-2-3-10(11)5-9/h4,7,9-11,15H,2-3,5-6H2,1H3. The van der Waals surface area contributed by atoms with Crippen LogP contribution in [0.3, 0.4) is 0 Å². The van der Waals surface area contributed by atoms with Crippen molar-refractivity contribution in [3.63, 3.8) is 0 Å². The maximum absolute atomic E-state index is 13.9. The van der Waals surface area contributed by atoms with E-state index in [-0.39, 0.29) is 17.0 Å². The van der Waals surface area contributed by atoms with Crippen LogP contribution in [0.5, 0.6) is 0 Å². The molecule has 0 radical (unpaired) electrons. The van der Waals surface area contributed by atoms with Crippen molar-refractivity contribution in [3.8, 4) is 0 Å². The predicted octanol–water partition coefficient (Wildman–Crippen LogP) is 4.99. The van der Waals surface area contributed by atoms with Gasteiger partial charge in [-0.25, -0.2) is 8.78 Å². The van der Waals surface area contributed by atoms with Crippen molar-refractivity contribution in [3.05, 3.63) is 34.9 Å². The van der Waals surface area contributed by atoms with Crippen molar-refractivity contribution in [2.24, 2.45) is 17.8 Å². The van der Waals surface area contributed by atoms with Gasteiger partial charge in [-0.1, -0.05) is 6.42 Å². The molecule has 0 spiro atoms. The van der Waals surface area contributed by atoms with Gasteiger partial charge in [-0.3, -0.25) is 0 Å². The van der Waals surface area contributed by atoms with Crippen LogP contribution in [0.2, 0.25) is 0 Å². The van der Waals surface area contributed by atoms with E-state index in [0.29, 0.717) is 23.0 Å². The normalized spacial score (nSPS) is 31.9. The topological polar surface area (TPSA) is 0 Å². The fourth-order valence-electron chi connectivity index (χ4n) is 3.76. The average Bonchev–Trinajstić information content (AvgIpc) is 2.95. The Kier molecular flexibility index (Phi) is 3.09. The Labute approximate surface area is 111 Å². The van der Waals surface area contributed by atoms with Crippen LogP contribution >= 0.6 is 11.6 Å². The first-order valence-corrected chi connectivity index (χ1v) is 7.09. The highest BCUT2D eigenvalue weighted by molar-refractivity contribution is 6.21. The minimum absolute atomic E-state index is 0.321. The number of aryl methyl sites for hydroxylation is 1. The third kappa shape index (κ3) is 1.95. The van der Waals surface area contributed by atoms with E-state index in [4.69, 9.17) is 11.6 Å². The van der Waals surface area contributed by atoms with E-state index in [1.807, 2.05) is 0 Å². The zero-order valence-electron chi connectivity index (χ0n) is 10.4. The van der Waals surface area contributed by atoms with Crippen molar-refractivity contribution in [2.75, 3.05) is 0 Å². The fourth-order valence-corrected chi connectivity index (χ4v) is 4.23. The molecule has 0 saturated heterocycles. The first-order valence-electron chi connectivity index (χ1n) is 6.66. The number of hydrogen-bond acceptors (Lipinski definition) is 0. The van der Waals surface area contributed by atoms with Crippen molar-refractivity contribution in [1.29, 1.82) is 0 Å². The van der Waals surface area contributed by atoms with Gasteiger partial charge in [0.05, 0.1) is 5.38 Å². The summed E-state index contributed by atoms with van der Waals surface area (Å²) >= 11 is 6.43. The maximum atomic E-state index is 13.9. The average molecular weight is 271 g/mol. The first kappa shape index (κ1) is 12.4. The molecule has 0 aromatic heterocycles. The summed E-state index contributed by atoms with van der Waals surface area (Å²) < 4.78 is 27.5. The lowest BCUT2D eigenvalue weighted by Crippen LogP contribution is -2.17. The second kappa shape index (κ2) is 4.48. The summed E-state index contributed by atoms with van der Waals surface area (Å²) in [6.07, 6.45) is 4.79. The molecular formula is C15H17ClF2. The molecule has 0 heterocycles. The Bertz CT molecular complexity index is 472. The number of halogens is 3. The zero-order chi connectivity index (χ0) is 12.9. The number of alkyl halides is 1. The van der Waals surface area contributed by atoms with E-state index in [1.165, 1.54) is 31.4 Å². The number of hydrogen-bond donors (Lipinski definition) is 0. The smallest absolute Gasteiger partial charge is 0.128 e. The van der Waals surface area contributed by atoms with Crippen molar-refractivity contribution < 1.29 is 8.78 Å². The van der Waals surface area contributed by atoms with E-state index in [9.17, 15) is 8.78 Å². The molecule has 4 unspecified atom stereocenters. The first-order chi connectivity index (χ1) is 8.56. The molecule has 18 heavy (non-hydrogen) atoms. The quantitative estimate of drug-likeness (QED) is 0.664. The molecule has 1 aromatic rings. The lowest BCUT2D eigenvalue weighted by Gasteiger charge is -2.27. The molecule has 2 aliphatic carbocycles. The fraction of sp³-hybridized carbons (Fsp3) is 0.600. The Hall–Kier alpha value is -0.630. The van der Waals surface area contributed by atoms with E-state index >= 15 is 0 Å².